The van der Waals surface area contributed by atoms with E-state index < -0.39 is 0 Å². The minimum Gasteiger partial charge on any atom is -0.356 e. The van der Waals surface area contributed by atoms with E-state index in [1.807, 2.05) is 12.1 Å². The Kier molecular flexibility index (Phi) is 9.25. The quantitative estimate of drug-likeness (QED) is 0.127. The van der Waals surface area contributed by atoms with Crippen LogP contribution in [0.15, 0.2) is 65.8 Å². The fraction of sp³-hybridized carbons (Fsp3) is 0.290. The van der Waals surface area contributed by atoms with Gasteiger partial charge in [-0.05, 0) is 68.5 Å². The number of hydrogen-bond acceptors (Lipinski definition) is 5. The summed E-state index contributed by atoms with van der Waals surface area (Å²) in [5, 5.41) is 14.9. The molecule has 5 aromatic rings. The lowest BCUT2D eigenvalue weighted by molar-refractivity contribution is -0.121. The Morgan fingerprint density at radius 2 is 1.75 bits per heavy atom. The van der Waals surface area contributed by atoms with Crippen molar-refractivity contribution in [3.8, 4) is 0 Å². The molecular formula is C31H31Cl2N5OS. The summed E-state index contributed by atoms with van der Waals surface area (Å²) in [7, 11) is 0. The molecule has 1 amide bonds. The van der Waals surface area contributed by atoms with Crippen LogP contribution >= 0.6 is 35.0 Å². The first-order chi connectivity index (χ1) is 19.4. The average Bonchev–Trinajstić information content (AvgIpc) is 3.22. The first kappa shape index (κ1) is 28.4. The number of nitrogens with one attached hydrogen (secondary N) is 1. The fourth-order valence-electron chi connectivity index (χ4n) is 4.65. The third-order valence-electron chi connectivity index (χ3n) is 6.82. The standard InChI is InChI=1S/C31H31Cl2N5OS/c1-20-6-9-22(10-7-20)19-38-27-13-8-21(2)17-25(27)29-30(38)35-31(37-36-29)40-16-4-3-5-28(39)34-15-14-23-11-12-24(32)18-26(23)33/h6-13,17-18H,3-5,14-16,19H2,1-2H3,(H,34,39). The van der Waals surface area contributed by atoms with Gasteiger partial charge < -0.3 is 9.88 Å². The lowest BCUT2D eigenvalue weighted by Gasteiger charge is -2.08. The van der Waals surface area contributed by atoms with Gasteiger partial charge in [-0.1, -0.05) is 82.5 Å². The Balaban J connectivity index is 1.16. The Bertz CT molecular complexity index is 1650. The van der Waals surface area contributed by atoms with E-state index in [1.165, 1.54) is 16.7 Å². The fourth-order valence-corrected chi connectivity index (χ4v) is 5.94. The number of thioether (sulfide) groups is 1. The molecule has 5 rings (SSSR count). The number of aryl methyl sites for hydroxylation is 2. The molecule has 0 aliphatic heterocycles. The number of carbonyl (C=O) groups excluding carboxylic acids is 1. The second-order valence-corrected chi connectivity index (χ2v) is 11.9. The van der Waals surface area contributed by atoms with Gasteiger partial charge in [0.05, 0.1) is 5.52 Å². The number of amides is 1. The normalized spacial score (nSPS) is 11.4. The number of aromatic nitrogens is 4. The van der Waals surface area contributed by atoms with Crippen molar-refractivity contribution in [1.29, 1.82) is 0 Å². The largest absolute Gasteiger partial charge is 0.356 e. The molecule has 0 unspecified atom stereocenters. The summed E-state index contributed by atoms with van der Waals surface area (Å²) in [6, 6.07) is 20.4. The first-order valence-corrected chi connectivity index (χ1v) is 15.1. The smallest absolute Gasteiger partial charge is 0.220 e. The van der Waals surface area contributed by atoms with Crippen molar-refractivity contribution in [1.82, 2.24) is 25.1 Å². The summed E-state index contributed by atoms with van der Waals surface area (Å²) >= 11 is 13.7. The molecule has 9 heteroatoms. The zero-order valence-electron chi connectivity index (χ0n) is 22.6. The summed E-state index contributed by atoms with van der Waals surface area (Å²) in [5.74, 6) is 0.864. The molecule has 6 nitrogen and oxygen atoms in total. The van der Waals surface area contributed by atoms with Gasteiger partial charge in [0.2, 0.25) is 11.1 Å². The summed E-state index contributed by atoms with van der Waals surface area (Å²) in [4.78, 5) is 17.2. The van der Waals surface area contributed by atoms with E-state index in [2.05, 4.69) is 76.4 Å². The number of hydrogen-bond donors (Lipinski definition) is 1. The Hall–Kier alpha value is -3.13. The molecule has 0 saturated carbocycles. The molecule has 0 aliphatic rings. The average molecular weight is 593 g/mol. The molecule has 0 radical (unpaired) electrons. The summed E-state index contributed by atoms with van der Waals surface area (Å²) < 4.78 is 2.23. The van der Waals surface area contributed by atoms with Gasteiger partial charge in [-0.2, -0.15) is 0 Å². The summed E-state index contributed by atoms with van der Waals surface area (Å²) in [6.45, 7) is 5.44. The van der Waals surface area contributed by atoms with Crippen molar-refractivity contribution in [2.75, 3.05) is 12.3 Å². The maximum absolute atomic E-state index is 12.3. The van der Waals surface area contributed by atoms with Crippen molar-refractivity contribution >= 4 is 62.9 Å². The predicted molar refractivity (Wildman–Crippen MR) is 166 cm³/mol. The van der Waals surface area contributed by atoms with Crippen LogP contribution in [0.4, 0.5) is 0 Å². The molecule has 206 valence electrons. The van der Waals surface area contributed by atoms with Crippen molar-refractivity contribution in [3.63, 3.8) is 0 Å². The number of halogens is 2. The maximum Gasteiger partial charge on any atom is 0.220 e. The number of nitrogens with zero attached hydrogens (tertiary/aromatic N) is 4. The third kappa shape index (κ3) is 6.95. The Morgan fingerprint density at radius 1 is 0.950 bits per heavy atom. The van der Waals surface area contributed by atoms with Crippen molar-refractivity contribution in [2.24, 2.45) is 0 Å². The topological polar surface area (TPSA) is 72.7 Å². The maximum atomic E-state index is 12.3. The monoisotopic (exact) mass is 591 g/mol. The second-order valence-electron chi connectivity index (χ2n) is 10.0. The van der Waals surface area contributed by atoms with Gasteiger partial charge in [-0.3, -0.25) is 4.79 Å². The van der Waals surface area contributed by atoms with Gasteiger partial charge in [0.1, 0.15) is 5.52 Å². The summed E-state index contributed by atoms with van der Waals surface area (Å²) in [5.41, 5.74) is 7.39. The van der Waals surface area contributed by atoms with E-state index in [1.54, 1.807) is 17.8 Å². The van der Waals surface area contributed by atoms with Crippen LogP contribution in [0, 0.1) is 13.8 Å². The molecular weight excluding hydrogens is 561 g/mol. The molecule has 40 heavy (non-hydrogen) atoms. The molecule has 0 spiro atoms. The number of unbranched alkanes of at least 4 members (excludes halogenated alkanes) is 1. The molecule has 3 aromatic carbocycles. The molecule has 0 saturated heterocycles. The minimum atomic E-state index is 0.0466. The zero-order chi connectivity index (χ0) is 28.1. The highest BCUT2D eigenvalue weighted by molar-refractivity contribution is 7.99. The van der Waals surface area contributed by atoms with Gasteiger partial charge >= 0.3 is 0 Å². The van der Waals surface area contributed by atoms with E-state index in [-0.39, 0.29) is 5.91 Å². The number of benzene rings is 3. The zero-order valence-corrected chi connectivity index (χ0v) is 24.9. The first-order valence-electron chi connectivity index (χ1n) is 13.4. The van der Waals surface area contributed by atoms with Crippen molar-refractivity contribution in [2.45, 2.75) is 51.2 Å². The molecule has 2 heterocycles. The molecule has 2 aromatic heterocycles. The van der Waals surface area contributed by atoms with Crippen molar-refractivity contribution in [3.05, 3.63) is 93.0 Å². The SMILES string of the molecule is Cc1ccc(Cn2c3ccc(C)cc3c3nnc(SCCCCC(=O)NCCc4ccc(Cl)cc4Cl)nc32)cc1. The minimum absolute atomic E-state index is 0.0466. The predicted octanol–water partition coefficient (Wildman–Crippen LogP) is 7.57. The molecule has 0 aliphatic carbocycles. The van der Waals surface area contributed by atoms with E-state index in [0.717, 1.165) is 46.2 Å². The highest BCUT2D eigenvalue weighted by Crippen LogP contribution is 2.29. The van der Waals surface area contributed by atoms with Gasteiger partial charge in [-0.15, -0.1) is 10.2 Å². The van der Waals surface area contributed by atoms with Gasteiger partial charge in [0.15, 0.2) is 5.65 Å². The van der Waals surface area contributed by atoms with Crippen LogP contribution in [-0.4, -0.2) is 38.0 Å². The van der Waals surface area contributed by atoms with Gasteiger partial charge in [0.25, 0.3) is 0 Å². The van der Waals surface area contributed by atoms with Crippen LogP contribution < -0.4 is 5.32 Å². The lowest BCUT2D eigenvalue weighted by Crippen LogP contribution is -2.25. The molecule has 1 N–H and O–H groups in total. The third-order valence-corrected chi connectivity index (χ3v) is 8.34. The molecule has 0 atom stereocenters. The van der Waals surface area contributed by atoms with E-state index >= 15 is 0 Å². The second kappa shape index (κ2) is 13.0. The highest BCUT2D eigenvalue weighted by atomic mass is 35.5. The van der Waals surface area contributed by atoms with Crippen LogP contribution in [0.3, 0.4) is 0 Å². The lowest BCUT2D eigenvalue weighted by atomic mass is 10.1. The molecule has 0 fully saturated rings. The van der Waals surface area contributed by atoms with Crippen molar-refractivity contribution < 1.29 is 4.79 Å². The van der Waals surface area contributed by atoms with Gasteiger partial charge in [-0.25, -0.2) is 4.98 Å². The number of rotatable bonds is 11. The highest BCUT2D eigenvalue weighted by Gasteiger charge is 2.16. The van der Waals surface area contributed by atoms with Crippen LogP contribution in [-0.2, 0) is 17.8 Å². The van der Waals surface area contributed by atoms with Gasteiger partial charge in [0, 0.05) is 40.7 Å². The molecule has 0 bridgehead atoms. The van der Waals surface area contributed by atoms with Crippen LogP contribution in [0.5, 0.6) is 0 Å². The van der Waals surface area contributed by atoms with Crippen LogP contribution in [0.1, 0.15) is 41.5 Å². The van der Waals surface area contributed by atoms with E-state index in [9.17, 15) is 4.79 Å². The van der Waals surface area contributed by atoms with Crippen LogP contribution in [0.2, 0.25) is 10.0 Å². The Morgan fingerprint density at radius 3 is 2.55 bits per heavy atom. The Labute approximate surface area is 248 Å². The van der Waals surface area contributed by atoms with E-state index in [0.29, 0.717) is 41.1 Å². The number of carbonyl (C=O) groups is 1. The van der Waals surface area contributed by atoms with Crippen LogP contribution in [0.25, 0.3) is 22.1 Å². The summed E-state index contributed by atoms with van der Waals surface area (Å²) in [6.07, 6.45) is 2.83. The van der Waals surface area contributed by atoms with E-state index in [4.69, 9.17) is 28.2 Å². The number of fused-ring (bicyclic) bond motifs is 3.